The quantitative estimate of drug-likeness (QED) is 0.811. The van der Waals surface area contributed by atoms with E-state index >= 15 is 0 Å². The van der Waals surface area contributed by atoms with Gasteiger partial charge in [-0.2, -0.15) is 11.3 Å². The molecule has 0 saturated carbocycles. The van der Waals surface area contributed by atoms with Crippen molar-refractivity contribution in [2.24, 2.45) is 0 Å². The van der Waals surface area contributed by atoms with Gasteiger partial charge in [0.15, 0.2) is 0 Å². The van der Waals surface area contributed by atoms with Gasteiger partial charge in [0.05, 0.1) is 0 Å². The number of rotatable bonds is 6. The van der Waals surface area contributed by atoms with Gasteiger partial charge in [0.2, 0.25) is 0 Å². The van der Waals surface area contributed by atoms with E-state index in [1.165, 1.54) is 15.3 Å². The van der Waals surface area contributed by atoms with Gasteiger partial charge in [0.1, 0.15) is 0 Å². The minimum Gasteiger partial charge on any atom is -0.307 e. The Balaban J connectivity index is 1.88. The molecule has 0 aliphatic carbocycles. The molecule has 2 unspecified atom stereocenters. The van der Waals surface area contributed by atoms with Crippen LogP contribution in [0.15, 0.2) is 29.0 Å². The zero-order valence-electron chi connectivity index (χ0n) is 11.3. The van der Waals surface area contributed by atoms with Crippen LogP contribution >= 0.6 is 22.7 Å². The van der Waals surface area contributed by atoms with Gasteiger partial charge in [-0.25, -0.2) is 0 Å². The lowest BCUT2D eigenvalue weighted by atomic mass is 10.1. The van der Waals surface area contributed by atoms with Gasteiger partial charge in [-0.15, -0.1) is 11.3 Å². The molecule has 0 radical (unpaired) electrons. The highest BCUT2D eigenvalue weighted by Crippen LogP contribution is 2.24. The summed E-state index contributed by atoms with van der Waals surface area (Å²) >= 11 is 3.71. The van der Waals surface area contributed by atoms with Crippen LogP contribution in [0.4, 0.5) is 0 Å². The average molecular weight is 279 g/mol. The normalized spacial score (nSPS) is 14.6. The molecular formula is C15H21NS2. The molecule has 0 saturated heterocycles. The van der Waals surface area contributed by atoms with Gasteiger partial charge < -0.3 is 5.32 Å². The third-order valence-corrected chi connectivity index (χ3v) is 5.26. The van der Waals surface area contributed by atoms with Crippen LogP contribution < -0.4 is 5.32 Å². The Morgan fingerprint density at radius 2 is 2.06 bits per heavy atom. The SMILES string of the molecule is CCc1ccc(C(C)NC(C)Cc2ccsc2)s1. The van der Waals surface area contributed by atoms with Crippen LogP contribution in [-0.2, 0) is 12.8 Å². The molecule has 0 aliphatic heterocycles. The van der Waals surface area contributed by atoms with Crippen molar-refractivity contribution in [3.63, 3.8) is 0 Å². The Morgan fingerprint density at radius 3 is 2.67 bits per heavy atom. The smallest absolute Gasteiger partial charge is 0.0388 e. The van der Waals surface area contributed by atoms with Crippen molar-refractivity contribution in [2.75, 3.05) is 0 Å². The van der Waals surface area contributed by atoms with Crippen LogP contribution in [0.1, 0.15) is 42.1 Å². The second-order valence-electron chi connectivity index (χ2n) is 4.78. The molecule has 2 heterocycles. The number of hydrogen-bond acceptors (Lipinski definition) is 3. The van der Waals surface area contributed by atoms with Crippen LogP contribution in [0, 0.1) is 0 Å². The maximum absolute atomic E-state index is 3.69. The first-order valence-corrected chi connectivity index (χ1v) is 8.30. The highest BCUT2D eigenvalue weighted by atomic mass is 32.1. The third-order valence-electron chi connectivity index (χ3n) is 3.11. The van der Waals surface area contributed by atoms with Gasteiger partial charge in [-0.05, 0) is 61.2 Å². The molecule has 18 heavy (non-hydrogen) atoms. The summed E-state index contributed by atoms with van der Waals surface area (Å²) in [5.41, 5.74) is 1.44. The standard InChI is InChI=1S/C15H21NS2/c1-4-14-5-6-15(18-14)12(3)16-11(2)9-13-7-8-17-10-13/h5-8,10-12,16H,4,9H2,1-3H3. The number of nitrogens with one attached hydrogen (secondary N) is 1. The Morgan fingerprint density at radius 1 is 1.22 bits per heavy atom. The predicted octanol–water partition coefficient (Wildman–Crippen LogP) is 4.65. The van der Waals surface area contributed by atoms with Crippen LogP contribution in [0.5, 0.6) is 0 Å². The maximum atomic E-state index is 3.69. The first kappa shape index (κ1) is 13.8. The van der Waals surface area contributed by atoms with Crippen molar-refractivity contribution < 1.29 is 0 Å². The zero-order chi connectivity index (χ0) is 13.0. The van der Waals surface area contributed by atoms with E-state index in [4.69, 9.17) is 0 Å². The van der Waals surface area contributed by atoms with E-state index in [0.717, 1.165) is 12.8 Å². The Hall–Kier alpha value is -0.640. The van der Waals surface area contributed by atoms with E-state index in [0.29, 0.717) is 12.1 Å². The summed E-state index contributed by atoms with van der Waals surface area (Å²) in [6.45, 7) is 6.74. The van der Waals surface area contributed by atoms with Crippen molar-refractivity contribution in [3.05, 3.63) is 44.3 Å². The molecule has 0 spiro atoms. The lowest BCUT2D eigenvalue weighted by Crippen LogP contribution is -2.30. The lowest BCUT2D eigenvalue weighted by Gasteiger charge is -2.18. The molecule has 2 aromatic rings. The number of hydrogen-bond donors (Lipinski definition) is 1. The van der Waals surface area contributed by atoms with Crippen LogP contribution in [0.25, 0.3) is 0 Å². The van der Waals surface area contributed by atoms with E-state index in [1.807, 2.05) is 11.3 Å². The van der Waals surface area contributed by atoms with Crippen LogP contribution in [0.2, 0.25) is 0 Å². The summed E-state index contributed by atoms with van der Waals surface area (Å²) in [5, 5.41) is 8.08. The van der Waals surface area contributed by atoms with E-state index in [9.17, 15) is 0 Å². The summed E-state index contributed by atoms with van der Waals surface area (Å²) in [4.78, 5) is 2.92. The Bertz CT molecular complexity index is 459. The molecule has 0 bridgehead atoms. The van der Waals surface area contributed by atoms with Gasteiger partial charge >= 0.3 is 0 Å². The van der Waals surface area contributed by atoms with Crippen molar-refractivity contribution in [1.82, 2.24) is 5.32 Å². The van der Waals surface area contributed by atoms with E-state index in [1.54, 1.807) is 11.3 Å². The maximum Gasteiger partial charge on any atom is 0.0388 e. The van der Waals surface area contributed by atoms with Crippen molar-refractivity contribution in [1.29, 1.82) is 0 Å². The summed E-state index contributed by atoms with van der Waals surface area (Å²) < 4.78 is 0. The second kappa shape index (κ2) is 6.50. The fourth-order valence-corrected chi connectivity index (χ4v) is 3.79. The third kappa shape index (κ3) is 3.67. The van der Waals surface area contributed by atoms with Crippen molar-refractivity contribution >= 4 is 22.7 Å². The fraction of sp³-hybridized carbons (Fsp3) is 0.467. The Labute approximate surface area is 118 Å². The Kier molecular flexibility index (Phi) is 4.98. The molecule has 1 N–H and O–H groups in total. The summed E-state index contributed by atoms with van der Waals surface area (Å²) in [7, 11) is 0. The first-order valence-electron chi connectivity index (χ1n) is 6.54. The second-order valence-corrected chi connectivity index (χ2v) is 6.76. The minimum atomic E-state index is 0.448. The van der Waals surface area contributed by atoms with Crippen molar-refractivity contribution in [2.45, 2.75) is 45.7 Å². The first-order chi connectivity index (χ1) is 8.69. The summed E-state index contributed by atoms with van der Waals surface area (Å²) in [6, 6.07) is 7.69. The highest BCUT2D eigenvalue weighted by Gasteiger charge is 2.12. The largest absolute Gasteiger partial charge is 0.307 e. The molecule has 0 aliphatic rings. The van der Waals surface area contributed by atoms with Crippen LogP contribution in [0.3, 0.4) is 0 Å². The molecule has 2 aromatic heterocycles. The highest BCUT2D eigenvalue weighted by molar-refractivity contribution is 7.12. The van der Waals surface area contributed by atoms with Gasteiger partial charge in [0.25, 0.3) is 0 Å². The molecule has 98 valence electrons. The topological polar surface area (TPSA) is 12.0 Å². The van der Waals surface area contributed by atoms with Gasteiger partial charge in [0, 0.05) is 21.8 Å². The van der Waals surface area contributed by atoms with Gasteiger partial charge in [-0.3, -0.25) is 0 Å². The van der Waals surface area contributed by atoms with E-state index in [-0.39, 0.29) is 0 Å². The average Bonchev–Trinajstić information content (AvgIpc) is 2.98. The van der Waals surface area contributed by atoms with Crippen molar-refractivity contribution in [3.8, 4) is 0 Å². The molecule has 1 nitrogen and oxygen atoms in total. The fourth-order valence-electron chi connectivity index (χ4n) is 2.15. The lowest BCUT2D eigenvalue weighted by molar-refractivity contribution is 0.482. The minimum absolute atomic E-state index is 0.448. The summed E-state index contributed by atoms with van der Waals surface area (Å²) in [5.74, 6) is 0. The summed E-state index contributed by atoms with van der Waals surface area (Å²) in [6.07, 6.45) is 2.25. The number of aryl methyl sites for hydroxylation is 1. The molecule has 0 amide bonds. The molecule has 2 rings (SSSR count). The monoisotopic (exact) mass is 279 g/mol. The zero-order valence-corrected chi connectivity index (χ0v) is 12.9. The van der Waals surface area contributed by atoms with Gasteiger partial charge in [-0.1, -0.05) is 6.92 Å². The molecular weight excluding hydrogens is 258 g/mol. The molecule has 3 heteroatoms. The van der Waals surface area contributed by atoms with Crippen LogP contribution in [-0.4, -0.2) is 6.04 Å². The van der Waals surface area contributed by atoms with E-state index in [2.05, 4.69) is 55.0 Å². The molecule has 0 aromatic carbocycles. The predicted molar refractivity (Wildman–Crippen MR) is 82.7 cm³/mol. The molecule has 2 atom stereocenters. The molecule has 0 fully saturated rings. The van der Waals surface area contributed by atoms with E-state index < -0.39 is 0 Å². The number of thiophene rings is 2.